The summed E-state index contributed by atoms with van der Waals surface area (Å²) in [5.74, 6) is 0.592. The molecule has 1 amide bonds. The molecule has 1 aromatic carbocycles. The van der Waals surface area contributed by atoms with Crippen LogP contribution in [0.15, 0.2) is 34.3 Å². The van der Waals surface area contributed by atoms with E-state index in [1.807, 2.05) is 31.2 Å². The minimum absolute atomic E-state index is 0.0691. The minimum Gasteiger partial charge on any atom is -0.324 e. The third kappa shape index (κ3) is 5.55. The maximum Gasteiger partial charge on any atom is 0.234 e. The second-order valence-electron chi connectivity index (χ2n) is 5.85. The SMILES string of the molecule is CCCCn1c(SCC(=O)Nc2ccccc2SCC#N)nc(C)c1C. The maximum absolute atomic E-state index is 12.4. The fourth-order valence-electron chi connectivity index (χ4n) is 2.44. The summed E-state index contributed by atoms with van der Waals surface area (Å²) in [6.07, 6.45) is 2.22. The van der Waals surface area contributed by atoms with Gasteiger partial charge >= 0.3 is 0 Å². The lowest BCUT2D eigenvalue weighted by Gasteiger charge is -2.11. The molecule has 0 atom stereocenters. The zero-order valence-electron chi connectivity index (χ0n) is 15.4. The molecule has 0 radical (unpaired) electrons. The Morgan fingerprint density at radius 3 is 2.81 bits per heavy atom. The predicted molar refractivity (Wildman–Crippen MR) is 109 cm³/mol. The largest absolute Gasteiger partial charge is 0.324 e. The zero-order chi connectivity index (χ0) is 18.9. The molecule has 7 heteroatoms. The highest BCUT2D eigenvalue weighted by molar-refractivity contribution is 8.00. The number of imidazole rings is 1. The molecule has 0 aliphatic carbocycles. The Labute approximate surface area is 163 Å². The van der Waals surface area contributed by atoms with E-state index in [4.69, 9.17) is 5.26 Å². The van der Waals surface area contributed by atoms with Gasteiger partial charge in [-0.1, -0.05) is 37.2 Å². The van der Waals surface area contributed by atoms with Crippen molar-refractivity contribution in [2.24, 2.45) is 0 Å². The van der Waals surface area contributed by atoms with Gasteiger partial charge in [-0.2, -0.15) is 5.26 Å². The molecule has 0 unspecified atom stereocenters. The van der Waals surface area contributed by atoms with Gasteiger partial charge in [0.25, 0.3) is 0 Å². The number of hydrogen-bond acceptors (Lipinski definition) is 5. The lowest BCUT2D eigenvalue weighted by Crippen LogP contribution is -2.15. The Bertz CT molecular complexity index is 795. The number of nitriles is 1. The number of thioether (sulfide) groups is 2. The van der Waals surface area contributed by atoms with E-state index in [2.05, 4.69) is 34.8 Å². The van der Waals surface area contributed by atoms with Crippen molar-refractivity contribution in [1.82, 2.24) is 9.55 Å². The summed E-state index contributed by atoms with van der Waals surface area (Å²) in [5.41, 5.74) is 2.93. The van der Waals surface area contributed by atoms with Crippen LogP contribution in [0.25, 0.3) is 0 Å². The number of nitrogens with zero attached hydrogens (tertiary/aromatic N) is 3. The van der Waals surface area contributed by atoms with Crippen molar-refractivity contribution in [2.75, 3.05) is 16.8 Å². The van der Waals surface area contributed by atoms with Crippen molar-refractivity contribution < 1.29 is 4.79 Å². The molecule has 0 bridgehead atoms. The van der Waals surface area contributed by atoms with E-state index in [-0.39, 0.29) is 5.91 Å². The summed E-state index contributed by atoms with van der Waals surface area (Å²) < 4.78 is 2.20. The van der Waals surface area contributed by atoms with Gasteiger partial charge in [-0.05, 0) is 32.4 Å². The summed E-state index contributed by atoms with van der Waals surface area (Å²) in [7, 11) is 0. The molecule has 1 aromatic heterocycles. The highest BCUT2D eigenvalue weighted by atomic mass is 32.2. The average Bonchev–Trinajstić information content (AvgIpc) is 2.91. The van der Waals surface area contributed by atoms with Gasteiger partial charge in [0.05, 0.1) is 29.0 Å². The number of carbonyl (C=O) groups is 1. The standard InChI is InChI=1S/C19H24N4OS2/c1-4-5-11-23-15(3)14(2)21-19(23)26-13-18(24)22-16-8-6-7-9-17(16)25-12-10-20/h6-9H,4-5,11-13H2,1-3H3,(H,22,24). The van der Waals surface area contributed by atoms with Crippen molar-refractivity contribution in [1.29, 1.82) is 5.26 Å². The van der Waals surface area contributed by atoms with E-state index in [1.165, 1.54) is 29.2 Å². The van der Waals surface area contributed by atoms with Gasteiger partial charge in [0.2, 0.25) is 5.91 Å². The van der Waals surface area contributed by atoms with Gasteiger partial charge in [-0.25, -0.2) is 4.98 Å². The number of anilines is 1. The van der Waals surface area contributed by atoms with Crippen LogP contribution in [-0.4, -0.2) is 27.0 Å². The average molecular weight is 389 g/mol. The van der Waals surface area contributed by atoms with Crippen molar-refractivity contribution >= 4 is 35.1 Å². The van der Waals surface area contributed by atoms with Crippen molar-refractivity contribution in [3.05, 3.63) is 35.7 Å². The molecule has 0 saturated carbocycles. The maximum atomic E-state index is 12.4. The van der Waals surface area contributed by atoms with Crippen LogP contribution in [0.4, 0.5) is 5.69 Å². The molecule has 138 valence electrons. The van der Waals surface area contributed by atoms with E-state index >= 15 is 0 Å². The van der Waals surface area contributed by atoms with Crippen LogP contribution in [0.2, 0.25) is 0 Å². The number of aromatic nitrogens is 2. The van der Waals surface area contributed by atoms with Crippen molar-refractivity contribution in [3.63, 3.8) is 0 Å². The Morgan fingerprint density at radius 2 is 2.08 bits per heavy atom. The lowest BCUT2D eigenvalue weighted by atomic mass is 10.3. The van der Waals surface area contributed by atoms with E-state index in [0.717, 1.165) is 40.8 Å². The van der Waals surface area contributed by atoms with Gasteiger partial charge in [0.1, 0.15) is 0 Å². The monoisotopic (exact) mass is 388 g/mol. The van der Waals surface area contributed by atoms with Gasteiger partial charge in [-0.15, -0.1) is 11.8 Å². The van der Waals surface area contributed by atoms with Crippen LogP contribution in [0.5, 0.6) is 0 Å². The molecule has 1 heterocycles. The van der Waals surface area contributed by atoms with Crippen LogP contribution >= 0.6 is 23.5 Å². The third-order valence-corrected chi connectivity index (χ3v) is 5.86. The molecular weight excluding hydrogens is 364 g/mol. The molecule has 0 saturated heterocycles. The molecule has 0 aliphatic heterocycles. The molecule has 1 N–H and O–H groups in total. The Kier molecular flexibility index (Phi) is 8.07. The summed E-state index contributed by atoms with van der Waals surface area (Å²) in [6, 6.07) is 9.66. The summed E-state index contributed by atoms with van der Waals surface area (Å²) in [6.45, 7) is 7.18. The molecule has 5 nitrogen and oxygen atoms in total. The summed E-state index contributed by atoms with van der Waals surface area (Å²) in [4.78, 5) is 17.9. The third-order valence-electron chi connectivity index (χ3n) is 3.94. The fourth-order valence-corrected chi connectivity index (χ4v) is 4.02. The predicted octanol–water partition coefficient (Wildman–Crippen LogP) is 4.65. The number of aryl methyl sites for hydroxylation is 1. The van der Waals surface area contributed by atoms with Crippen LogP contribution in [-0.2, 0) is 11.3 Å². The van der Waals surface area contributed by atoms with Crippen LogP contribution in [0.3, 0.4) is 0 Å². The van der Waals surface area contributed by atoms with Crippen LogP contribution in [0.1, 0.15) is 31.2 Å². The molecule has 2 aromatic rings. The van der Waals surface area contributed by atoms with Crippen LogP contribution < -0.4 is 5.32 Å². The Morgan fingerprint density at radius 1 is 1.31 bits per heavy atom. The quantitative estimate of drug-likeness (QED) is 0.633. The van der Waals surface area contributed by atoms with Gasteiger partial charge < -0.3 is 9.88 Å². The fraction of sp³-hybridized carbons (Fsp3) is 0.421. The smallest absolute Gasteiger partial charge is 0.234 e. The molecule has 2 rings (SSSR count). The van der Waals surface area contributed by atoms with E-state index in [9.17, 15) is 4.79 Å². The first kappa shape index (κ1) is 20.4. The summed E-state index contributed by atoms with van der Waals surface area (Å²) >= 11 is 2.89. The highest BCUT2D eigenvalue weighted by Crippen LogP contribution is 2.27. The number of hydrogen-bond donors (Lipinski definition) is 1. The van der Waals surface area contributed by atoms with Gasteiger partial charge in [0, 0.05) is 17.1 Å². The number of rotatable bonds is 9. The Balaban J connectivity index is 2.00. The summed E-state index contributed by atoms with van der Waals surface area (Å²) in [5, 5.41) is 12.6. The number of para-hydroxylation sites is 1. The first-order chi connectivity index (χ1) is 12.6. The topological polar surface area (TPSA) is 70.7 Å². The number of nitrogens with one attached hydrogen (secondary N) is 1. The molecular formula is C19H24N4OS2. The molecule has 26 heavy (non-hydrogen) atoms. The van der Waals surface area contributed by atoms with E-state index in [1.54, 1.807) is 0 Å². The normalized spacial score (nSPS) is 10.5. The first-order valence-electron chi connectivity index (χ1n) is 8.62. The Hall–Kier alpha value is -1.91. The molecule has 0 spiro atoms. The van der Waals surface area contributed by atoms with Crippen molar-refractivity contribution in [2.45, 2.75) is 50.2 Å². The number of unbranched alkanes of at least 4 members (excludes halogenated alkanes) is 1. The lowest BCUT2D eigenvalue weighted by molar-refractivity contribution is -0.113. The number of carbonyl (C=O) groups excluding carboxylic acids is 1. The molecule has 0 aliphatic rings. The van der Waals surface area contributed by atoms with Crippen molar-refractivity contribution in [3.8, 4) is 6.07 Å². The second kappa shape index (κ2) is 10.3. The number of amides is 1. The van der Waals surface area contributed by atoms with Gasteiger partial charge in [-0.3, -0.25) is 4.79 Å². The zero-order valence-corrected chi connectivity index (χ0v) is 17.0. The van der Waals surface area contributed by atoms with E-state index in [0.29, 0.717) is 11.5 Å². The number of benzene rings is 1. The highest BCUT2D eigenvalue weighted by Gasteiger charge is 2.14. The second-order valence-corrected chi connectivity index (χ2v) is 7.81. The van der Waals surface area contributed by atoms with Crippen LogP contribution in [0, 0.1) is 25.2 Å². The minimum atomic E-state index is -0.0691. The molecule has 0 fully saturated rings. The van der Waals surface area contributed by atoms with Gasteiger partial charge in [0.15, 0.2) is 5.16 Å². The first-order valence-corrected chi connectivity index (χ1v) is 10.6. The van der Waals surface area contributed by atoms with E-state index < -0.39 is 0 Å².